The van der Waals surface area contributed by atoms with E-state index in [9.17, 15) is 4.79 Å². The molecule has 0 bridgehead atoms. The number of hydrogen-bond donors (Lipinski definition) is 1. The number of benzene rings is 1. The van der Waals surface area contributed by atoms with Gasteiger partial charge in [0, 0.05) is 31.5 Å². The fourth-order valence-electron chi connectivity index (χ4n) is 2.39. The Bertz CT molecular complexity index is 392. The summed E-state index contributed by atoms with van der Waals surface area (Å²) in [6.07, 6.45) is 7.50. The molecule has 0 atom stereocenters. The summed E-state index contributed by atoms with van der Waals surface area (Å²) < 4.78 is 5.04. The number of carbonyl (C=O) groups excluding carboxylic acids is 1. The molecule has 4 nitrogen and oxygen atoms in total. The van der Waals surface area contributed by atoms with E-state index in [1.165, 1.54) is 32.1 Å². The van der Waals surface area contributed by atoms with E-state index in [4.69, 9.17) is 10.5 Å². The van der Waals surface area contributed by atoms with E-state index < -0.39 is 5.91 Å². The van der Waals surface area contributed by atoms with Crippen LogP contribution in [0.3, 0.4) is 0 Å². The van der Waals surface area contributed by atoms with Gasteiger partial charge in [0.05, 0.1) is 6.61 Å². The average Bonchev–Trinajstić information content (AvgIpc) is 3.08. The number of hydrogen-bond acceptors (Lipinski definition) is 3. The van der Waals surface area contributed by atoms with Crippen LogP contribution in [0.4, 0.5) is 5.69 Å². The van der Waals surface area contributed by atoms with Crippen molar-refractivity contribution in [3.8, 4) is 0 Å². The zero-order valence-corrected chi connectivity index (χ0v) is 13.3. The van der Waals surface area contributed by atoms with Gasteiger partial charge in [0.25, 0.3) is 0 Å². The fraction of sp³-hybridized carbons (Fsp3) is 0.588. The van der Waals surface area contributed by atoms with Crippen molar-refractivity contribution < 1.29 is 9.53 Å². The molecule has 118 valence electrons. The molecule has 1 amide bonds. The van der Waals surface area contributed by atoms with Gasteiger partial charge >= 0.3 is 0 Å². The van der Waals surface area contributed by atoms with Crippen LogP contribution in [0.5, 0.6) is 0 Å². The van der Waals surface area contributed by atoms with E-state index in [0.717, 1.165) is 18.8 Å². The first kappa shape index (κ1) is 17.5. The third kappa shape index (κ3) is 6.63. The third-order valence-corrected chi connectivity index (χ3v) is 3.71. The molecule has 0 aliphatic heterocycles. The highest BCUT2D eigenvalue weighted by molar-refractivity contribution is 5.93. The first-order chi connectivity index (χ1) is 10.2. The Balaban J connectivity index is 0.000000369. The monoisotopic (exact) mass is 292 g/mol. The summed E-state index contributed by atoms with van der Waals surface area (Å²) in [5.41, 5.74) is 6.79. The van der Waals surface area contributed by atoms with Crippen LogP contribution in [-0.4, -0.2) is 32.7 Å². The van der Waals surface area contributed by atoms with Gasteiger partial charge in [-0.15, -0.1) is 0 Å². The second kappa shape index (κ2) is 10.2. The van der Waals surface area contributed by atoms with Crippen LogP contribution in [-0.2, 0) is 4.74 Å². The Morgan fingerprint density at radius 1 is 1.14 bits per heavy atom. The van der Waals surface area contributed by atoms with Crippen molar-refractivity contribution in [1.82, 2.24) is 0 Å². The molecule has 0 unspecified atom stereocenters. The standard InChI is InChI=1S/C12H18N2O2.C5H10/c1-3-14(8-9-16-2)11-6-4-10(5-7-11)12(13)15;1-2-4-5-3-1/h4-7H,3,8-9H2,1-2H3,(H2,13,15);1-5H2. The van der Waals surface area contributed by atoms with Crippen molar-refractivity contribution in [2.24, 2.45) is 5.73 Å². The molecule has 1 aromatic carbocycles. The Hall–Kier alpha value is -1.55. The summed E-state index contributed by atoms with van der Waals surface area (Å²) in [5.74, 6) is -0.397. The highest BCUT2D eigenvalue weighted by Crippen LogP contribution is 2.15. The lowest BCUT2D eigenvalue weighted by Gasteiger charge is -2.22. The Labute approximate surface area is 128 Å². The molecule has 0 heterocycles. The predicted molar refractivity (Wildman–Crippen MR) is 87.8 cm³/mol. The van der Waals surface area contributed by atoms with E-state index in [2.05, 4.69) is 11.8 Å². The molecule has 1 aliphatic rings. The first-order valence-electron chi connectivity index (χ1n) is 7.82. The Morgan fingerprint density at radius 3 is 2.05 bits per heavy atom. The zero-order chi connectivity index (χ0) is 15.5. The van der Waals surface area contributed by atoms with Crippen LogP contribution in [0.15, 0.2) is 24.3 Å². The number of nitrogens with two attached hydrogens (primary N) is 1. The molecule has 0 radical (unpaired) electrons. The van der Waals surface area contributed by atoms with E-state index in [-0.39, 0.29) is 0 Å². The zero-order valence-electron chi connectivity index (χ0n) is 13.3. The van der Waals surface area contributed by atoms with E-state index >= 15 is 0 Å². The number of amides is 1. The van der Waals surface area contributed by atoms with Gasteiger partial charge in [0.2, 0.25) is 5.91 Å². The van der Waals surface area contributed by atoms with Crippen molar-refractivity contribution in [1.29, 1.82) is 0 Å². The van der Waals surface area contributed by atoms with Gasteiger partial charge < -0.3 is 15.4 Å². The summed E-state index contributed by atoms with van der Waals surface area (Å²) in [4.78, 5) is 13.1. The number of rotatable bonds is 6. The molecule has 21 heavy (non-hydrogen) atoms. The summed E-state index contributed by atoms with van der Waals surface area (Å²) in [6.45, 7) is 4.51. The summed E-state index contributed by atoms with van der Waals surface area (Å²) >= 11 is 0. The van der Waals surface area contributed by atoms with Gasteiger partial charge in [-0.05, 0) is 31.2 Å². The second-order valence-corrected chi connectivity index (χ2v) is 5.25. The second-order valence-electron chi connectivity index (χ2n) is 5.25. The highest BCUT2D eigenvalue weighted by Gasteiger charge is 2.05. The maximum atomic E-state index is 10.9. The van der Waals surface area contributed by atoms with Crippen LogP contribution in [0, 0.1) is 0 Å². The van der Waals surface area contributed by atoms with E-state index in [1.54, 1.807) is 19.2 Å². The van der Waals surface area contributed by atoms with E-state index in [1.807, 2.05) is 12.1 Å². The van der Waals surface area contributed by atoms with Crippen LogP contribution in [0.2, 0.25) is 0 Å². The SMILES string of the molecule is C1CCCC1.CCN(CCOC)c1ccc(C(N)=O)cc1. The van der Waals surface area contributed by atoms with Gasteiger partial charge in [-0.1, -0.05) is 32.1 Å². The lowest BCUT2D eigenvalue weighted by molar-refractivity contribution is 0.100. The number of anilines is 1. The molecule has 2 rings (SSSR count). The van der Waals surface area contributed by atoms with Crippen molar-refractivity contribution in [2.45, 2.75) is 39.0 Å². The smallest absolute Gasteiger partial charge is 0.248 e. The fourth-order valence-corrected chi connectivity index (χ4v) is 2.39. The Morgan fingerprint density at radius 2 is 1.67 bits per heavy atom. The minimum Gasteiger partial charge on any atom is -0.383 e. The normalized spacial score (nSPS) is 13.4. The highest BCUT2D eigenvalue weighted by atomic mass is 16.5. The minimum atomic E-state index is -0.397. The number of nitrogens with zero attached hydrogens (tertiary/aromatic N) is 1. The minimum absolute atomic E-state index is 0.397. The molecule has 4 heteroatoms. The molecule has 2 N–H and O–H groups in total. The van der Waals surface area contributed by atoms with Gasteiger partial charge in [0.1, 0.15) is 0 Å². The summed E-state index contributed by atoms with van der Waals surface area (Å²) in [7, 11) is 1.68. The van der Waals surface area contributed by atoms with Gasteiger partial charge in [-0.2, -0.15) is 0 Å². The lowest BCUT2D eigenvalue weighted by Crippen LogP contribution is -2.26. The molecule has 0 aromatic heterocycles. The Kier molecular flexibility index (Phi) is 8.51. The van der Waals surface area contributed by atoms with Crippen LogP contribution in [0.1, 0.15) is 49.4 Å². The van der Waals surface area contributed by atoms with Crippen LogP contribution < -0.4 is 10.6 Å². The number of methoxy groups -OCH3 is 1. The van der Waals surface area contributed by atoms with E-state index in [0.29, 0.717) is 12.2 Å². The first-order valence-corrected chi connectivity index (χ1v) is 7.82. The quantitative estimate of drug-likeness (QED) is 0.876. The largest absolute Gasteiger partial charge is 0.383 e. The van der Waals surface area contributed by atoms with Crippen molar-refractivity contribution in [3.63, 3.8) is 0 Å². The van der Waals surface area contributed by atoms with Crippen molar-refractivity contribution in [3.05, 3.63) is 29.8 Å². The summed E-state index contributed by atoms with van der Waals surface area (Å²) in [6, 6.07) is 7.29. The van der Waals surface area contributed by atoms with Crippen LogP contribution >= 0.6 is 0 Å². The number of likely N-dealkylation sites (N-methyl/N-ethyl adjacent to an activating group) is 1. The maximum absolute atomic E-state index is 10.9. The average molecular weight is 292 g/mol. The molecule has 0 spiro atoms. The molecular formula is C17H28N2O2. The van der Waals surface area contributed by atoms with Gasteiger partial charge in [0.15, 0.2) is 0 Å². The van der Waals surface area contributed by atoms with Crippen molar-refractivity contribution >= 4 is 11.6 Å². The molecule has 1 aliphatic carbocycles. The number of ether oxygens (including phenoxy) is 1. The summed E-state index contributed by atoms with van der Waals surface area (Å²) in [5, 5.41) is 0. The van der Waals surface area contributed by atoms with Gasteiger partial charge in [-0.25, -0.2) is 0 Å². The lowest BCUT2D eigenvalue weighted by atomic mass is 10.2. The number of carbonyl (C=O) groups is 1. The van der Waals surface area contributed by atoms with Crippen LogP contribution in [0.25, 0.3) is 0 Å². The molecule has 1 aromatic rings. The number of primary amides is 1. The third-order valence-electron chi connectivity index (χ3n) is 3.71. The molecule has 1 fully saturated rings. The predicted octanol–water partition coefficient (Wildman–Crippen LogP) is 3.21. The molecule has 1 saturated carbocycles. The molecule has 0 saturated heterocycles. The maximum Gasteiger partial charge on any atom is 0.248 e. The van der Waals surface area contributed by atoms with Crippen molar-refractivity contribution in [2.75, 3.05) is 31.7 Å². The van der Waals surface area contributed by atoms with Gasteiger partial charge in [-0.3, -0.25) is 4.79 Å². The molecular weight excluding hydrogens is 264 g/mol. The topological polar surface area (TPSA) is 55.6 Å².